The van der Waals surface area contributed by atoms with E-state index in [1.807, 2.05) is 12.1 Å². The van der Waals surface area contributed by atoms with Crippen LogP contribution in [0.15, 0.2) is 195 Å². The van der Waals surface area contributed by atoms with Gasteiger partial charge in [0.25, 0.3) is 0 Å². The van der Waals surface area contributed by atoms with Crippen LogP contribution in [0.1, 0.15) is 28.7 Å². The first kappa shape index (κ1) is 31.8. The van der Waals surface area contributed by atoms with Gasteiger partial charge in [-0.2, -0.15) is 0 Å². The maximum absolute atomic E-state index is 4.52. The highest BCUT2D eigenvalue weighted by Crippen LogP contribution is 2.39. The van der Waals surface area contributed by atoms with Crippen LogP contribution in [0.2, 0.25) is 0 Å². The number of hydrogen-bond acceptors (Lipinski definition) is 1. The molecular formula is C50H39N. The van der Waals surface area contributed by atoms with Crippen LogP contribution in [0.5, 0.6) is 0 Å². The smallest absolute Gasteiger partial charge is 0.0455 e. The topological polar surface area (TPSA) is 3.24 Å². The second-order valence-corrected chi connectivity index (χ2v) is 13.0. The number of nitrogens with zero attached hydrogens (tertiary/aromatic N) is 1. The van der Waals surface area contributed by atoms with E-state index in [0.29, 0.717) is 0 Å². The van der Waals surface area contributed by atoms with Gasteiger partial charge < -0.3 is 4.90 Å². The molecule has 0 radical (unpaired) electrons. The van der Waals surface area contributed by atoms with E-state index < -0.39 is 0 Å². The Balaban J connectivity index is 1.20. The van der Waals surface area contributed by atoms with Crippen LogP contribution in [0.4, 0.5) is 5.69 Å². The monoisotopic (exact) mass is 653 g/mol. The van der Waals surface area contributed by atoms with Gasteiger partial charge in [0.15, 0.2) is 0 Å². The number of fused-ring (bicyclic) bond motifs is 4. The Hall–Kier alpha value is -6.44. The van der Waals surface area contributed by atoms with Crippen LogP contribution in [0.3, 0.4) is 0 Å². The highest BCUT2D eigenvalue weighted by atomic mass is 15.1. The van der Waals surface area contributed by atoms with Crippen molar-refractivity contribution in [2.24, 2.45) is 0 Å². The van der Waals surface area contributed by atoms with E-state index in [9.17, 15) is 0 Å². The van der Waals surface area contributed by atoms with Gasteiger partial charge in [-0.3, -0.25) is 0 Å². The van der Waals surface area contributed by atoms with Gasteiger partial charge in [0.1, 0.15) is 0 Å². The lowest BCUT2D eigenvalue weighted by Crippen LogP contribution is -2.12. The van der Waals surface area contributed by atoms with Crippen molar-refractivity contribution in [3.8, 4) is 11.1 Å². The summed E-state index contributed by atoms with van der Waals surface area (Å²) in [5.41, 5.74) is 10.6. The summed E-state index contributed by atoms with van der Waals surface area (Å²) < 4.78 is 0. The predicted octanol–water partition coefficient (Wildman–Crippen LogP) is 13.6. The third-order valence-corrected chi connectivity index (χ3v) is 9.85. The third-order valence-electron chi connectivity index (χ3n) is 9.85. The summed E-state index contributed by atoms with van der Waals surface area (Å²) in [6.45, 7) is 8.77. The first-order valence-corrected chi connectivity index (χ1v) is 17.6. The van der Waals surface area contributed by atoms with Crippen LogP contribution in [0, 0.1) is 0 Å². The van der Waals surface area contributed by atoms with Gasteiger partial charge in [-0.15, -0.1) is 0 Å². The zero-order valence-electron chi connectivity index (χ0n) is 28.7. The third kappa shape index (κ3) is 6.38. The molecule has 0 saturated heterocycles. The lowest BCUT2D eigenvalue weighted by atomic mass is 9.85. The van der Waals surface area contributed by atoms with Crippen molar-refractivity contribution in [2.45, 2.75) is 12.8 Å². The molecule has 7 aromatic carbocycles. The van der Waals surface area contributed by atoms with Gasteiger partial charge in [0, 0.05) is 17.6 Å². The predicted molar refractivity (Wildman–Crippen MR) is 223 cm³/mol. The van der Waals surface area contributed by atoms with E-state index in [-0.39, 0.29) is 0 Å². The first-order valence-electron chi connectivity index (χ1n) is 17.6. The fourth-order valence-electron chi connectivity index (χ4n) is 7.38. The molecule has 0 atom stereocenters. The van der Waals surface area contributed by atoms with Gasteiger partial charge in [0.05, 0.1) is 0 Å². The molecule has 1 nitrogen and oxygen atoms in total. The zero-order chi connectivity index (χ0) is 34.6. The molecule has 1 aliphatic carbocycles. The van der Waals surface area contributed by atoms with E-state index in [1.165, 1.54) is 60.1 Å². The molecule has 0 bridgehead atoms. The normalized spacial score (nSPS) is 13.0. The van der Waals surface area contributed by atoms with Crippen LogP contribution < -0.4 is 4.90 Å². The zero-order valence-corrected chi connectivity index (χ0v) is 28.7. The molecule has 0 spiro atoms. The molecule has 244 valence electrons. The van der Waals surface area contributed by atoms with Crippen molar-refractivity contribution in [1.29, 1.82) is 0 Å². The van der Waals surface area contributed by atoms with Gasteiger partial charge in [-0.1, -0.05) is 159 Å². The lowest BCUT2D eigenvalue weighted by molar-refractivity contribution is 0.991. The summed E-state index contributed by atoms with van der Waals surface area (Å²) >= 11 is 0. The summed E-state index contributed by atoms with van der Waals surface area (Å²) in [7, 11) is 0. The van der Waals surface area contributed by atoms with Gasteiger partial charge in [-0.25, -0.2) is 0 Å². The molecule has 0 N–H and O–H groups in total. The molecule has 0 aromatic heterocycles. The van der Waals surface area contributed by atoms with Crippen LogP contribution in [-0.2, 0) is 6.42 Å². The van der Waals surface area contributed by atoms with Gasteiger partial charge in [-0.05, 0) is 121 Å². The SMILES string of the molecule is C=C/C(=C\C=C\N(C(=C)/C=C\c1ccccc1)c1ccc(-c2c3c(cc4ccccc24)C=CCC3)cc1)c1c2ccccc2cc2ccccc12. The average Bonchev–Trinajstić information content (AvgIpc) is 3.19. The van der Waals surface area contributed by atoms with Crippen LogP contribution in [0.25, 0.3) is 61.2 Å². The second-order valence-electron chi connectivity index (χ2n) is 13.0. The highest BCUT2D eigenvalue weighted by molar-refractivity contribution is 6.10. The summed E-state index contributed by atoms with van der Waals surface area (Å²) in [6.07, 6.45) is 19.2. The van der Waals surface area contributed by atoms with Crippen LogP contribution >= 0.6 is 0 Å². The van der Waals surface area contributed by atoms with Crippen molar-refractivity contribution in [3.63, 3.8) is 0 Å². The minimum absolute atomic E-state index is 0.861. The molecule has 0 unspecified atom stereocenters. The fourth-order valence-corrected chi connectivity index (χ4v) is 7.38. The quantitative estimate of drug-likeness (QED) is 0.111. The van der Waals surface area contributed by atoms with Crippen molar-refractivity contribution < 1.29 is 0 Å². The van der Waals surface area contributed by atoms with Crippen molar-refractivity contribution in [3.05, 3.63) is 217 Å². The minimum atomic E-state index is 0.861. The number of allylic oxidation sites excluding steroid dienone is 6. The molecule has 0 fully saturated rings. The Bertz CT molecular complexity index is 2490. The van der Waals surface area contributed by atoms with Gasteiger partial charge >= 0.3 is 0 Å². The van der Waals surface area contributed by atoms with Gasteiger partial charge in [0.2, 0.25) is 0 Å². The number of benzene rings is 7. The van der Waals surface area contributed by atoms with Crippen molar-refractivity contribution in [1.82, 2.24) is 0 Å². The van der Waals surface area contributed by atoms with E-state index in [0.717, 1.165) is 35.4 Å². The molecule has 7 aromatic rings. The summed E-state index contributed by atoms with van der Waals surface area (Å²) in [4.78, 5) is 2.16. The first-order chi connectivity index (χ1) is 25.2. The maximum atomic E-state index is 4.52. The largest absolute Gasteiger partial charge is 0.318 e. The highest BCUT2D eigenvalue weighted by Gasteiger charge is 2.16. The Morgan fingerprint density at radius 2 is 1.29 bits per heavy atom. The molecule has 1 aliphatic rings. The molecule has 0 saturated carbocycles. The Morgan fingerprint density at radius 1 is 0.667 bits per heavy atom. The molecule has 8 rings (SSSR count). The molecule has 0 aliphatic heterocycles. The Morgan fingerprint density at radius 3 is 1.98 bits per heavy atom. The summed E-state index contributed by atoms with van der Waals surface area (Å²) in [5, 5.41) is 7.43. The van der Waals surface area contributed by atoms with Crippen molar-refractivity contribution in [2.75, 3.05) is 4.90 Å². The molecular weight excluding hydrogens is 615 g/mol. The fraction of sp³-hybridized carbons (Fsp3) is 0.0400. The molecule has 1 heteroatoms. The van der Waals surface area contributed by atoms with E-state index in [1.54, 1.807) is 0 Å². The van der Waals surface area contributed by atoms with E-state index in [2.05, 4.69) is 194 Å². The summed E-state index contributed by atoms with van der Waals surface area (Å²) in [5.74, 6) is 0. The van der Waals surface area contributed by atoms with E-state index in [4.69, 9.17) is 0 Å². The van der Waals surface area contributed by atoms with Crippen LogP contribution in [-0.4, -0.2) is 0 Å². The molecule has 51 heavy (non-hydrogen) atoms. The average molecular weight is 654 g/mol. The Labute approximate surface area is 300 Å². The number of hydrogen-bond donors (Lipinski definition) is 0. The standard InChI is InChI=1S/C50H39N/c1-3-38(49-45-23-11-7-18-40(45)34-41-19-8-12-24-46(41)49)22-15-33-51(36(2)27-28-37-16-5-4-6-17-37)44-31-29-39(30-32-44)50-47-25-13-9-20-42(47)35-43-21-10-14-26-48(43)50/h3-13,15-25,27-35H,1-2,14,26H2/b28-27-,33-15+,38-22+. The molecule has 0 heterocycles. The van der Waals surface area contributed by atoms with E-state index >= 15 is 0 Å². The maximum Gasteiger partial charge on any atom is 0.0455 e. The number of anilines is 1. The molecule has 0 amide bonds. The summed E-state index contributed by atoms with van der Waals surface area (Å²) in [6, 6.07) is 49.8. The Kier molecular flexibility index (Phi) is 8.85. The number of rotatable bonds is 9. The minimum Gasteiger partial charge on any atom is -0.318 e. The van der Waals surface area contributed by atoms with Crippen molar-refractivity contribution >= 4 is 55.7 Å². The second kappa shape index (κ2) is 14.2. The lowest BCUT2D eigenvalue weighted by Gasteiger charge is -2.23.